The first-order valence-corrected chi connectivity index (χ1v) is 9.57. The summed E-state index contributed by atoms with van der Waals surface area (Å²) >= 11 is 5.88. The van der Waals surface area contributed by atoms with Crippen molar-refractivity contribution in [1.29, 1.82) is 0 Å². The molecule has 1 saturated heterocycles. The summed E-state index contributed by atoms with van der Waals surface area (Å²) in [5.41, 5.74) is 1.52. The van der Waals surface area contributed by atoms with Crippen molar-refractivity contribution in [2.24, 2.45) is 0 Å². The first kappa shape index (κ1) is 17.6. The molecule has 0 saturated carbocycles. The average molecular weight is 376 g/mol. The maximum Gasteiger partial charge on any atom is 0.278 e. The van der Waals surface area contributed by atoms with Gasteiger partial charge >= 0.3 is 0 Å². The lowest BCUT2D eigenvalue weighted by molar-refractivity contribution is -0.0711. The van der Waals surface area contributed by atoms with Crippen LogP contribution >= 0.6 is 11.6 Å². The summed E-state index contributed by atoms with van der Waals surface area (Å²) in [6.07, 6.45) is 2.19. The highest BCUT2D eigenvalue weighted by atomic mass is 35.5. The van der Waals surface area contributed by atoms with Gasteiger partial charge in [0.25, 0.3) is 5.79 Å². The number of rotatable bonds is 3. The predicted octanol–water partition coefficient (Wildman–Crippen LogP) is 5.32. The molecule has 138 valence electrons. The lowest BCUT2D eigenvalue weighted by atomic mass is 9.88. The van der Waals surface area contributed by atoms with Crippen LogP contribution in [0, 0.1) is 5.82 Å². The van der Waals surface area contributed by atoms with Gasteiger partial charge in [0, 0.05) is 17.5 Å². The monoisotopic (exact) mass is 375 g/mol. The van der Waals surface area contributed by atoms with E-state index in [9.17, 15) is 4.39 Å². The summed E-state index contributed by atoms with van der Waals surface area (Å²) < 4.78 is 26.7. The third-order valence-electron chi connectivity index (χ3n) is 5.51. The molecule has 2 aromatic carbocycles. The second-order valence-electron chi connectivity index (χ2n) is 7.16. The molecule has 0 radical (unpaired) electrons. The van der Waals surface area contributed by atoms with E-state index in [1.165, 1.54) is 6.07 Å². The van der Waals surface area contributed by atoms with Gasteiger partial charge in [0.15, 0.2) is 11.5 Å². The van der Waals surface area contributed by atoms with Crippen molar-refractivity contribution in [3.63, 3.8) is 0 Å². The molecule has 0 bridgehead atoms. The second kappa shape index (κ2) is 6.75. The number of benzene rings is 2. The summed E-state index contributed by atoms with van der Waals surface area (Å²) in [4.78, 5) is 2.46. The zero-order valence-electron chi connectivity index (χ0n) is 15.1. The molecule has 26 heavy (non-hydrogen) atoms. The Morgan fingerprint density at radius 3 is 2.65 bits per heavy atom. The van der Waals surface area contributed by atoms with E-state index in [2.05, 4.69) is 17.9 Å². The molecule has 0 aliphatic carbocycles. The molecule has 0 aromatic heterocycles. The average Bonchev–Trinajstić information content (AvgIpc) is 2.98. The molecule has 1 fully saturated rings. The van der Waals surface area contributed by atoms with Gasteiger partial charge < -0.3 is 14.4 Å². The van der Waals surface area contributed by atoms with Gasteiger partial charge in [-0.2, -0.15) is 0 Å². The topological polar surface area (TPSA) is 21.7 Å². The van der Waals surface area contributed by atoms with Crippen molar-refractivity contribution >= 4 is 11.6 Å². The Labute approximate surface area is 158 Å². The maximum atomic E-state index is 14.5. The van der Waals surface area contributed by atoms with E-state index >= 15 is 0 Å². The number of hydrogen-bond donors (Lipinski definition) is 0. The van der Waals surface area contributed by atoms with Crippen LogP contribution in [-0.4, -0.2) is 24.5 Å². The smallest absolute Gasteiger partial charge is 0.278 e. The van der Waals surface area contributed by atoms with Gasteiger partial charge in [-0.1, -0.05) is 30.7 Å². The van der Waals surface area contributed by atoms with Crippen molar-refractivity contribution in [3.8, 4) is 11.5 Å². The van der Waals surface area contributed by atoms with Crippen LogP contribution in [0.15, 0.2) is 36.4 Å². The minimum Gasteiger partial charge on any atom is -0.444 e. The van der Waals surface area contributed by atoms with Gasteiger partial charge in [-0.3, -0.25) is 0 Å². The fourth-order valence-corrected chi connectivity index (χ4v) is 4.16. The third kappa shape index (κ3) is 3.06. The molecule has 2 aliphatic heterocycles. The van der Waals surface area contributed by atoms with Crippen molar-refractivity contribution in [1.82, 2.24) is 4.90 Å². The molecular formula is C21H23ClFNO2. The summed E-state index contributed by atoms with van der Waals surface area (Å²) in [6.45, 7) is 7.23. The van der Waals surface area contributed by atoms with E-state index < -0.39 is 11.6 Å². The predicted molar refractivity (Wildman–Crippen MR) is 101 cm³/mol. The molecule has 0 amide bonds. The minimum absolute atomic E-state index is 0.352. The Morgan fingerprint density at radius 2 is 1.96 bits per heavy atom. The van der Waals surface area contributed by atoms with E-state index in [1.54, 1.807) is 19.1 Å². The Kier molecular flexibility index (Phi) is 4.57. The van der Waals surface area contributed by atoms with Gasteiger partial charge in [-0.05, 0) is 62.7 Å². The quantitative estimate of drug-likeness (QED) is 0.724. The number of ether oxygens (including phenoxy) is 2. The van der Waals surface area contributed by atoms with Crippen LogP contribution in [0.5, 0.6) is 11.5 Å². The molecule has 3 nitrogen and oxygen atoms in total. The van der Waals surface area contributed by atoms with Crippen LogP contribution in [0.25, 0.3) is 0 Å². The second-order valence-corrected chi connectivity index (χ2v) is 7.59. The van der Waals surface area contributed by atoms with Crippen LogP contribution in [0.3, 0.4) is 0 Å². The Morgan fingerprint density at radius 1 is 1.19 bits per heavy atom. The number of halogens is 2. The van der Waals surface area contributed by atoms with Gasteiger partial charge in [0.1, 0.15) is 5.82 Å². The van der Waals surface area contributed by atoms with Crippen molar-refractivity contribution < 1.29 is 13.9 Å². The number of para-hydroxylation sites is 1. The van der Waals surface area contributed by atoms with E-state index in [0.717, 1.165) is 43.8 Å². The van der Waals surface area contributed by atoms with Crippen molar-refractivity contribution in [2.75, 3.05) is 19.6 Å². The van der Waals surface area contributed by atoms with E-state index in [0.29, 0.717) is 22.3 Å². The van der Waals surface area contributed by atoms with Gasteiger partial charge in [0.2, 0.25) is 0 Å². The lowest BCUT2D eigenvalue weighted by Crippen LogP contribution is -2.33. The summed E-state index contributed by atoms with van der Waals surface area (Å²) in [7, 11) is 0. The normalized spacial score (nSPS) is 23.4. The number of likely N-dealkylation sites (tertiary alicyclic amines) is 1. The zero-order chi connectivity index (χ0) is 18.3. The summed E-state index contributed by atoms with van der Waals surface area (Å²) in [6, 6.07) is 10.6. The molecule has 4 rings (SSSR count). The van der Waals surface area contributed by atoms with Crippen molar-refractivity contribution in [3.05, 3.63) is 58.4 Å². The molecule has 2 heterocycles. The molecule has 5 heteroatoms. The van der Waals surface area contributed by atoms with E-state index in [4.69, 9.17) is 21.1 Å². The number of piperidine rings is 1. The van der Waals surface area contributed by atoms with E-state index in [1.807, 2.05) is 12.1 Å². The van der Waals surface area contributed by atoms with Crippen molar-refractivity contribution in [2.45, 2.75) is 38.4 Å². The Hall–Kier alpha value is -1.78. The number of fused-ring (bicyclic) bond motifs is 1. The first-order chi connectivity index (χ1) is 12.5. The SMILES string of the molecule is CCN1CCC(c2cccc3c2OC(C)(c2ccc(Cl)cc2F)O3)CC1. The Balaban J connectivity index is 1.63. The first-order valence-electron chi connectivity index (χ1n) is 9.19. The molecule has 0 N–H and O–H groups in total. The van der Waals surface area contributed by atoms with E-state index in [-0.39, 0.29) is 0 Å². The number of hydrogen-bond acceptors (Lipinski definition) is 3. The highest BCUT2D eigenvalue weighted by Gasteiger charge is 2.42. The molecule has 2 aliphatic rings. The Bertz CT molecular complexity index is 820. The molecular weight excluding hydrogens is 353 g/mol. The van der Waals surface area contributed by atoms with Crippen LogP contribution < -0.4 is 9.47 Å². The van der Waals surface area contributed by atoms with Crippen LogP contribution in [0.2, 0.25) is 5.02 Å². The highest BCUT2D eigenvalue weighted by Crippen LogP contribution is 2.49. The third-order valence-corrected chi connectivity index (χ3v) is 5.74. The van der Waals surface area contributed by atoms with Crippen LogP contribution in [0.4, 0.5) is 4.39 Å². The molecule has 0 spiro atoms. The van der Waals surface area contributed by atoms with Crippen LogP contribution in [-0.2, 0) is 5.79 Å². The summed E-state index contributed by atoms with van der Waals surface area (Å²) in [5.74, 6) is 0.257. The standard InChI is InChI=1S/C21H23ClFNO2/c1-3-24-11-9-14(10-12-24)16-5-4-6-19-20(16)26-21(2,25-19)17-8-7-15(22)13-18(17)23/h4-8,13-14H,3,9-12H2,1-2H3. The largest absolute Gasteiger partial charge is 0.444 e. The lowest BCUT2D eigenvalue weighted by Gasteiger charge is -2.31. The molecule has 2 aromatic rings. The van der Waals surface area contributed by atoms with Gasteiger partial charge in [-0.25, -0.2) is 4.39 Å². The van der Waals surface area contributed by atoms with Gasteiger partial charge in [0.05, 0.1) is 5.56 Å². The van der Waals surface area contributed by atoms with Gasteiger partial charge in [-0.15, -0.1) is 0 Å². The fourth-order valence-electron chi connectivity index (χ4n) is 4.00. The maximum absolute atomic E-state index is 14.5. The molecule has 1 atom stereocenters. The zero-order valence-corrected chi connectivity index (χ0v) is 15.9. The number of nitrogens with zero attached hydrogens (tertiary/aromatic N) is 1. The highest BCUT2D eigenvalue weighted by molar-refractivity contribution is 6.30. The minimum atomic E-state index is -1.18. The molecule has 1 unspecified atom stereocenters. The fraction of sp³-hybridized carbons (Fsp3) is 0.429. The summed E-state index contributed by atoms with van der Waals surface area (Å²) in [5, 5.41) is 0.355. The van der Waals surface area contributed by atoms with Crippen LogP contribution in [0.1, 0.15) is 43.7 Å².